The summed E-state index contributed by atoms with van der Waals surface area (Å²) in [5.74, 6) is 0.507. The smallest absolute Gasteiger partial charge is 0.251 e. The third-order valence-corrected chi connectivity index (χ3v) is 6.16. The van der Waals surface area contributed by atoms with Gasteiger partial charge in [-0.05, 0) is 54.4 Å². The number of anilines is 1. The lowest BCUT2D eigenvalue weighted by molar-refractivity contribution is 0.0894. The van der Waals surface area contributed by atoms with Crippen LogP contribution in [0.4, 0.5) is 5.69 Å². The first-order valence-corrected chi connectivity index (χ1v) is 11.2. The van der Waals surface area contributed by atoms with E-state index in [9.17, 15) is 13.2 Å². The van der Waals surface area contributed by atoms with Gasteiger partial charge in [-0.15, -0.1) is 0 Å². The number of sulfonamides is 1. The molecule has 0 saturated carbocycles. The molecule has 2 rings (SSSR count). The Kier molecular flexibility index (Phi) is 6.06. The number of nitrogens with zero attached hydrogens (tertiary/aromatic N) is 1. The Bertz CT molecular complexity index is 764. The number of carbonyl (C=O) groups excluding carboxylic acids is 1. The van der Waals surface area contributed by atoms with E-state index in [0.29, 0.717) is 30.1 Å². The van der Waals surface area contributed by atoms with Crippen molar-refractivity contribution >= 4 is 21.6 Å². The van der Waals surface area contributed by atoms with Crippen LogP contribution in [0.2, 0.25) is 0 Å². The molecule has 1 aromatic carbocycles. The Morgan fingerprint density at radius 1 is 1.23 bits per heavy atom. The third kappa shape index (κ3) is 5.00. The monoisotopic (exact) mass is 380 g/mol. The van der Waals surface area contributed by atoms with Crippen molar-refractivity contribution in [3.63, 3.8) is 0 Å². The van der Waals surface area contributed by atoms with Crippen molar-refractivity contribution < 1.29 is 13.2 Å². The predicted octanol–water partition coefficient (Wildman–Crippen LogP) is 3.59. The van der Waals surface area contributed by atoms with Gasteiger partial charge in [0, 0.05) is 18.2 Å². The van der Waals surface area contributed by atoms with Crippen LogP contribution in [0.15, 0.2) is 18.2 Å². The van der Waals surface area contributed by atoms with Crippen LogP contribution in [-0.4, -0.2) is 33.2 Å². The number of nitrogens with one attached hydrogen (secondary N) is 1. The molecule has 0 saturated heterocycles. The lowest BCUT2D eigenvalue weighted by Crippen LogP contribution is -2.43. The number of carbonyl (C=O) groups is 1. The second-order valence-electron chi connectivity index (χ2n) is 8.79. The average Bonchev–Trinajstić information content (AvgIpc) is 2.92. The van der Waals surface area contributed by atoms with Gasteiger partial charge in [-0.25, -0.2) is 8.42 Å². The van der Waals surface area contributed by atoms with Crippen molar-refractivity contribution in [2.75, 3.05) is 17.1 Å². The molecule has 1 N–H and O–H groups in total. The summed E-state index contributed by atoms with van der Waals surface area (Å²) in [6.07, 6.45) is 3.86. The number of amides is 1. The van der Waals surface area contributed by atoms with Gasteiger partial charge in [-0.3, -0.25) is 9.10 Å². The van der Waals surface area contributed by atoms with Crippen molar-refractivity contribution in [3.8, 4) is 0 Å². The molecule has 1 amide bonds. The average molecular weight is 381 g/mol. The molecule has 1 aromatic rings. The molecule has 1 heterocycles. The highest BCUT2D eigenvalue weighted by atomic mass is 32.2. The van der Waals surface area contributed by atoms with Crippen molar-refractivity contribution in [2.24, 2.45) is 11.3 Å². The SMILES string of the molecule is CC(C)CCC(NC(=O)c1ccc2c(c1)CCN2S(C)(=O)=O)C(C)(C)C. The second kappa shape index (κ2) is 7.59. The first-order valence-electron chi connectivity index (χ1n) is 9.31. The van der Waals surface area contributed by atoms with Gasteiger partial charge in [0.2, 0.25) is 10.0 Å². The maximum absolute atomic E-state index is 12.8. The van der Waals surface area contributed by atoms with Crippen LogP contribution >= 0.6 is 0 Å². The zero-order chi connectivity index (χ0) is 19.7. The molecule has 0 aliphatic carbocycles. The largest absolute Gasteiger partial charge is 0.349 e. The highest BCUT2D eigenvalue weighted by Crippen LogP contribution is 2.31. The fourth-order valence-electron chi connectivity index (χ4n) is 3.32. The first kappa shape index (κ1) is 20.7. The summed E-state index contributed by atoms with van der Waals surface area (Å²) >= 11 is 0. The van der Waals surface area contributed by atoms with Gasteiger partial charge < -0.3 is 5.32 Å². The zero-order valence-corrected chi connectivity index (χ0v) is 17.6. The number of benzene rings is 1. The van der Waals surface area contributed by atoms with Crippen LogP contribution in [0.5, 0.6) is 0 Å². The fourth-order valence-corrected chi connectivity index (χ4v) is 4.28. The quantitative estimate of drug-likeness (QED) is 0.820. The van der Waals surface area contributed by atoms with E-state index in [0.717, 1.165) is 18.4 Å². The molecule has 26 heavy (non-hydrogen) atoms. The maximum Gasteiger partial charge on any atom is 0.251 e. The van der Waals surface area contributed by atoms with Crippen molar-refractivity contribution in [1.29, 1.82) is 0 Å². The summed E-state index contributed by atoms with van der Waals surface area (Å²) in [5.41, 5.74) is 2.18. The number of hydrogen-bond donors (Lipinski definition) is 1. The zero-order valence-electron chi connectivity index (χ0n) is 16.8. The van der Waals surface area contributed by atoms with Gasteiger partial charge in [-0.1, -0.05) is 34.6 Å². The topological polar surface area (TPSA) is 66.5 Å². The van der Waals surface area contributed by atoms with Gasteiger partial charge in [0.05, 0.1) is 11.9 Å². The van der Waals surface area contributed by atoms with Gasteiger partial charge >= 0.3 is 0 Å². The van der Waals surface area contributed by atoms with Crippen LogP contribution in [0.3, 0.4) is 0 Å². The maximum atomic E-state index is 12.8. The highest BCUT2D eigenvalue weighted by molar-refractivity contribution is 7.92. The van der Waals surface area contributed by atoms with E-state index in [1.807, 2.05) is 6.07 Å². The molecule has 0 bridgehead atoms. The predicted molar refractivity (Wildman–Crippen MR) is 107 cm³/mol. The van der Waals surface area contributed by atoms with Crippen LogP contribution < -0.4 is 9.62 Å². The first-order chi connectivity index (χ1) is 11.9. The van der Waals surface area contributed by atoms with E-state index >= 15 is 0 Å². The van der Waals surface area contributed by atoms with Crippen LogP contribution in [-0.2, 0) is 16.4 Å². The van der Waals surface area contributed by atoms with Gasteiger partial charge in [0.1, 0.15) is 0 Å². The van der Waals surface area contributed by atoms with Crippen LogP contribution in [0.25, 0.3) is 0 Å². The molecule has 0 spiro atoms. The molecule has 0 radical (unpaired) electrons. The molecule has 0 fully saturated rings. The second-order valence-corrected chi connectivity index (χ2v) is 10.7. The standard InChI is InChI=1S/C20H32N2O3S/c1-14(2)7-10-18(20(3,4)5)21-19(23)16-8-9-17-15(13-16)11-12-22(17)26(6,24)25/h8-9,13-14,18H,7,10-12H2,1-6H3,(H,21,23). The highest BCUT2D eigenvalue weighted by Gasteiger charge is 2.29. The van der Waals surface area contributed by atoms with E-state index in [4.69, 9.17) is 0 Å². The Balaban J connectivity index is 2.17. The molecule has 1 aliphatic rings. The van der Waals surface area contributed by atoms with E-state index in [1.54, 1.807) is 12.1 Å². The number of fused-ring (bicyclic) bond motifs is 1. The summed E-state index contributed by atoms with van der Waals surface area (Å²) in [5, 5.41) is 3.19. The Labute approximate surface area is 158 Å². The number of hydrogen-bond acceptors (Lipinski definition) is 3. The lowest BCUT2D eigenvalue weighted by atomic mass is 9.82. The lowest BCUT2D eigenvalue weighted by Gasteiger charge is -2.32. The molecule has 5 nitrogen and oxygen atoms in total. The molecular weight excluding hydrogens is 348 g/mol. The summed E-state index contributed by atoms with van der Waals surface area (Å²) in [7, 11) is -3.27. The Morgan fingerprint density at radius 3 is 2.42 bits per heavy atom. The minimum absolute atomic E-state index is 0.0195. The van der Waals surface area contributed by atoms with E-state index in [2.05, 4.69) is 39.9 Å². The van der Waals surface area contributed by atoms with Gasteiger partial charge in [0.25, 0.3) is 5.91 Å². The van der Waals surface area contributed by atoms with Crippen molar-refractivity contribution in [2.45, 2.75) is 59.9 Å². The van der Waals surface area contributed by atoms with E-state index in [-0.39, 0.29) is 17.4 Å². The summed E-state index contributed by atoms with van der Waals surface area (Å²) in [4.78, 5) is 12.8. The molecule has 1 unspecified atom stereocenters. The minimum atomic E-state index is -3.27. The summed E-state index contributed by atoms with van der Waals surface area (Å²) < 4.78 is 25.1. The Morgan fingerprint density at radius 2 is 1.88 bits per heavy atom. The number of rotatable bonds is 6. The van der Waals surface area contributed by atoms with Crippen molar-refractivity contribution in [1.82, 2.24) is 5.32 Å². The normalized spacial score (nSPS) is 15.9. The Hall–Kier alpha value is -1.56. The molecular formula is C20H32N2O3S. The van der Waals surface area contributed by atoms with E-state index < -0.39 is 10.0 Å². The fraction of sp³-hybridized carbons (Fsp3) is 0.650. The molecule has 6 heteroatoms. The van der Waals surface area contributed by atoms with Crippen molar-refractivity contribution in [3.05, 3.63) is 29.3 Å². The minimum Gasteiger partial charge on any atom is -0.349 e. The van der Waals surface area contributed by atoms with Crippen LogP contribution in [0, 0.1) is 11.3 Å². The van der Waals surface area contributed by atoms with E-state index in [1.165, 1.54) is 10.6 Å². The summed E-state index contributed by atoms with van der Waals surface area (Å²) in [6, 6.07) is 5.40. The summed E-state index contributed by atoms with van der Waals surface area (Å²) in [6.45, 7) is 11.3. The third-order valence-electron chi connectivity index (χ3n) is 4.98. The van der Waals surface area contributed by atoms with Gasteiger partial charge in [0.15, 0.2) is 0 Å². The molecule has 1 aliphatic heterocycles. The molecule has 0 aromatic heterocycles. The molecule has 1 atom stereocenters. The van der Waals surface area contributed by atoms with Crippen LogP contribution in [0.1, 0.15) is 63.4 Å². The molecule has 146 valence electrons. The van der Waals surface area contributed by atoms with Gasteiger partial charge in [-0.2, -0.15) is 0 Å².